The lowest BCUT2D eigenvalue weighted by Gasteiger charge is -2.13. The molecule has 122 valence electrons. The first-order valence-electron chi connectivity index (χ1n) is 8.24. The van der Waals surface area contributed by atoms with Gasteiger partial charge >= 0.3 is 0 Å². The molecule has 2 rings (SSSR count). The van der Waals surface area contributed by atoms with Gasteiger partial charge in [-0.25, -0.2) is 0 Å². The standard InChI is InChI=1S/C18H28N2O2/c1-13-10-14(2)15(3)17(11-13)22-9-6-18(21)20-8-5-16-4-7-19-12-16/h10-11,16,19H,4-9,12H2,1-3H3,(H,20,21). The van der Waals surface area contributed by atoms with Crippen molar-refractivity contribution in [2.75, 3.05) is 26.2 Å². The Morgan fingerprint density at radius 2 is 2.18 bits per heavy atom. The first-order chi connectivity index (χ1) is 10.6. The molecular formula is C18H28N2O2. The summed E-state index contributed by atoms with van der Waals surface area (Å²) in [6.07, 6.45) is 2.70. The summed E-state index contributed by atoms with van der Waals surface area (Å²) in [4.78, 5) is 11.8. The topological polar surface area (TPSA) is 50.4 Å². The van der Waals surface area contributed by atoms with Gasteiger partial charge in [0.2, 0.25) is 5.91 Å². The minimum atomic E-state index is 0.0768. The molecule has 1 fully saturated rings. The zero-order valence-electron chi connectivity index (χ0n) is 14.0. The summed E-state index contributed by atoms with van der Waals surface area (Å²) >= 11 is 0. The Morgan fingerprint density at radius 1 is 1.36 bits per heavy atom. The SMILES string of the molecule is Cc1cc(C)c(C)c(OCCC(=O)NCCC2CCNC2)c1. The van der Waals surface area contributed by atoms with Gasteiger partial charge in [0.25, 0.3) is 0 Å². The summed E-state index contributed by atoms with van der Waals surface area (Å²) in [6.45, 7) is 9.60. The molecule has 1 amide bonds. The third kappa shape index (κ3) is 5.02. The predicted octanol–water partition coefficient (Wildman–Crippen LogP) is 2.50. The molecule has 1 unspecified atom stereocenters. The largest absolute Gasteiger partial charge is 0.493 e. The van der Waals surface area contributed by atoms with Crippen molar-refractivity contribution in [2.24, 2.45) is 5.92 Å². The maximum Gasteiger partial charge on any atom is 0.223 e. The number of hydrogen-bond acceptors (Lipinski definition) is 3. The summed E-state index contributed by atoms with van der Waals surface area (Å²) in [5.41, 5.74) is 3.57. The van der Waals surface area contributed by atoms with Crippen molar-refractivity contribution in [1.29, 1.82) is 0 Å². The number of nitrogens with one attached hydrogen (secondary N) is 2. The molecule has 1 atom stereocenters. The highest BCUT2D eigenvalue weighted by Crippen LogP contribution is 2.23. The van der Waals surface area contributed by atoms with Gasteiger partial charge in [0.15, 0.2) is 0 Å². The second kappa shape index (κ2) is 8.18. The predicted molar refractivity (Wildman–Crippen MR) is 89.4 cm³/mol. The van der Waals surface area contributed by atoms with Crippen molar-refractivity contribution in [1.82, 2.24) is 10.6 Å². The number of hydrogen-bond donors (Lipinski definition) is 2. The van der Waals surface area contributed by atoms with Gasteiger partial charge in [-0.3, -0.25) is 4.79 Å². The number of ether oxygens (including phenoxy) is 1. The van der Waals surface area contributed by atoms with E-state index in [0.29, 0.717) is 13.0 Å². The summed E-state index contributed by atoms with van der Waals surface area (Å²) in [5, 5.41) is 6.33. The molecule has 1 aliphatic rings. The van der Waals surface area contributed by atoms with E-state index >= 15 is 0 Å². The molecule has 4 heteroatoms. The lowest BCUT2D eigenvalue weighted by Crippen LogP contribution is -2.27. The minimum Gasteiger partial charge on any atom is -0.493 e. The van der Waals surface area contributed by atoms with Gasteiger partial charge in [-0.05, 0) is 75.4 Å². The molecule has 0 bridgehead atoms. The molecule has 1 saturated heterocycles. The molecule has 1 aromatic carbocycles. The van der Waals surface area contributed by atoms with Gasteiger partial charge in [-0.1, -0.05) is 6.07 Å². The highest BCUT2D eigenvalue weighted by atomic mass is 16.5. The number of aryl methyl sites for hydroxylation is 2. The average molecular weight is 304 g/mol. The van der Waals surface area contributed by atoms with E-state index in [1.54, 1.807) is 0 Å². The van der Waals surface area contributed by atoms with Crippen LogP contribution in [0, 0.1) is 26.7 Å². The van der Waals surface area contributed by atoms with Crippen LogP contribution in [0.15, 0.2) is 12.1 Å². The molecule has 1 aromatic rings. The van der Waals surface area contributed by atoms with Crippen LogP contribution >= 0.6 is 0 Å². The van der Waals surface area contributed by atoms with Gasteiger partial charge in [0, 0.05) is 6.54 Å². The van der Waals surface area contributed by atoms with E-state index in [1.165, 1.54) is 17.5 Å². The van der Waals surface area contributed by atoms with Crippen LogP contribution in [0.25, 0.3) is 0 Å². The first-order valence-corrected chi connectivity index (χ1v) is 8.24. The Kier molecular flexibility index (Phi) is 6.25. The highest BCUT2D eigenvalue weighted by Gasteiger charge is 2.14. The molecule has 0 aromatic heterocycles. The normalized spacial score (nSPS) is 17.5. The average Bonchev–Trinajstić information content (AvgIpc) is 2.97. The van der Waals surface area contributed by atoms with Crippen molar-refractivity contribution in [3.63, 3.8) is 0 Å². The van der Waals surface area contributed by atoms with E-state index in [2.05, 4.69) is 37.5 Å². The Hall–Kier alpha value is -1.55. The second-order valence-electron chi connectivity index (χ2n) is 6.30. The van der Waals surface area contributed by atoms with Crippen molar-refractivity contribution in [3.05, 3.63) is 28.8 Å². The summed E-state index contributed by atoms with van der Waals surface area (Å²) in [6, 6.07) is 4.18. The van der Waals surface area contributed by atoms with Crippen LogP contribution in [0.3, 0.4) is 0 Å². The first kappa shape index (κ1) is 16.8. The maximum absolute atomic E-state index is 11.8. The molecule has 1 heterocycles. The molecule has 1 aliphatic heterocycles. The lowest BCUT2D eigenvalue weighted by molar-refractivity contribution is -0.121. The lowest BCUT2D eigenvalue weighted by atomic mass is 10.1. The molecule has 4 nitrogen and oxygen atoms in total. The fourth-order valence-electron chi connectivity index (χ4n) is 2.87. The fraction of sp³-hybridized carbons (Fsp3) is 0.611. The molecule has 2 N–H and O–H groups in total. The van der Waals surface area contributed by atoms with Gasteiger partial charge in [0.05, 0.1) is 13.0 Å². The minimum absolute atomic E-state index is 0.0768. The summed E-state index contributed by atoms with van der Waals surface area (Å²) in [5.74, 6) is 1.68. The Labute approximate surface area is 133 Å². The van der Waals surface area contributed by atoms with Crippen LogP contribution < -0.4 is 15.4 Å². The molecule has 22 heavy (non-hydrogen) atoms. The molecule has 0 radical (unpaired) electrons. The van der Waals surface area contributed by atoms with Gasteiger partial charge < -0.3 is 15.4 Å². The van der Waals surface area contributed by atoms with E-state index in [-0.39, 0.29) is 5.91 Å². The van der Waals surface area contributed by atoms with Crippen LogP contribution in [-0.2, 0) is 4.79 Å². The van der Waals surface area contributed by atoms with Crippen molar-refractivity contribution in [3.8, 4) is 5.75 Å². The van der Waals surface area contributed by atoms with E-state index in [0.717, 1.165) is 43.3 Å². The van der Waals surface area contributed by atoms with Gasteiger partial charge in [0.1, 0.15) is 5.75 Å². The number of carbonyl (C=O) groups is 1. The Morgan fingerprint density at radius 3 is 2.91 bits per heavy atom. The van der Waals surface area contributed by atoms with Crippen LogP contribution in [0.4, 0.5) is 0 Å². The highest BCUT2D eigenvalue weighted by molar-refractivity contribution is 5.75. The Balaban J connectivity index is 1.66. The number of amides is 1. The van der Waals surface area contributed by atoms with E-state index in [4.69, 9.17) is 4.74 Å². The number of rotatable bonds is 7. The van der Waals surface area contributed by atoms with E-state index < -0.39 is 0 Å². The quantitative estimate of drug-likeness (QED) is 0.814. The third-order valence-corrected chi connectivity index (χ3v) is 4.39. The zero-order valence-corrected chi connectivity index (χ0v) is 14.0. The summed E-state index contributed by atoms with van der Waals surface area (Å²) in [7, 11) is 0. The molecular weight excluding hydrogens is 276 g/mol. The van der Waals surface area contributed by atoms with Crippen LogP contribution in [0.2, 0.25) is 0 Å². The number of benzene rings is 1. The Bertz CT molecular complexity index is 508. The maximum atomic E-state index is 11.8. The third-order valence-electron chi connectivity index (χ3n) is 4.39. The van der Waals surface area contributed by atoms with E-state index in [1.807, 2.05) is 6.07 Å². The number of carbonyl (C=O) groups excluding carboxylic acids is 1. The summed E-state index contributed by atoms with van der Waals surface area (Å²) < 4.78 is 5.78. The van der Waals surface area contributed by atoms with Crippen molar-refractivity contribution < 1.29 is 9.53 Å². The van der Waals surface area contributed by atoms with Crippen LogP contribution in [0.1, 0.15) is 36.0 Å². The fourth-order valence-corrected chi connectivity index (χ4v) is 2.87. The van der Waals surface area contributed by atoms with Gasteiger partial charge in [-0.2, -0.15) is 0 Å². The van der Waals surface area contributed by atoms with Crippen LogP contribution in [0.5, 0.6) is 5.75 Å². The zero-order chi connectivity index (χ0) is 15.9. The molecule has 0 saturated carbocycles. The van der Waals surface area contributed by atoms with Crippen molar-refractivity contribution >= 4 is 5.91 Å². The van der Waals surface area contributed by atoms with Crippen LogP contribution in [-0.4, -0.2) is 32.1 Å². The van der Waals surface area contributed by atoms with Gasteiger partial charge in [-0.15, -0.1) is 0 Å². The monoisotopic (exact) mass is 304 g/mol. The smallest absolute Gasteiger partial charge is 0.223 e. The van der Waals surface area contributed by atoms with Crippen molar-refractivity contribution in [2.45, 2.75) is 40.0 Å². The second-order valence-corrected chi connectivity index (χ2v) is 6.30. The molecule has 0 aliphatic carbocycles. The van der Waals surface area contributed by atoms with E-state index in [9.17, 15) is 4.79 Å². The molecule has 0 spiro atoms.